The molecule has 32 heavy (non-hydrogen) atoms. The minimum absolute atomic E-state index is 0.173. The summed E-state index contributed by atoms with van der Waals surface area (Å²) in [4.78, 5) is 29.7. The first-order valence-corrected chi connectivity index (χ1v) is 10.9. The number of hydrogen-bond donors (Lipinski definition) is 2. The number of carbonyl (C=O) groups is 2. The molecule has 0 saturated heterocycles. The Morgan fingerprint density at radius 1 is 1.22 bits per heavy atom. The van der Waals surface area contributed by atoms with Gasteiger partial charge < -0.3 is 15.2 Å². The summed E-state index contributed by atoms with van der Waals surface area (Å²) in [5.41, 5.74) is 3.98. The number of aromatic nitrogens is 4. The van der Waals surface area contributed by atoms with Crippen molar-refractivity contribution in [1.82, 2.24) is 19.5 Å². The predicted octanol–water partition coefficient (Wildman–Crippen LogP) is 2.58. The van der Waals surface area contributed by atoms with Crippen LogP contribution in [-0.4, -0.2) is 32.6 Å². The van der Waals surface area contributed by atoms with Crippen molar-refractivity contribution in [3.05, 3.63) is 77.9 Å². The molecule has 0 atom stereocenters. The number of aryl methyl sites for hydroxylation is 2. The van der Waals surface area contributed by atoms with Gasteiger partial charge in [-0.05, 0) is 31.5 Å². The lowest BCUT2D eigenvalue weighted by atomic mass is 10.2. The molecule has 5 rings (SSSR count). The summed E-state index contributed by atoms with van der Waals surface area (Å²) in [5, 5.41) is 5.86. The monoisotopic (exact) mass is 429 g/mol. The zero-order valence-corrected chi connectivity index (χ0v) is 17.9. The SMILES string of the molecule is CCn1cc(NC(=O)c2ccc3nc4n(c3c2)CCCNC4=O)c[n+]1Cc1ccccc1. The van der Waals surface area contributed by atoms with Crippen LogP contribution in [0, 0.1) is 0 Å². The van der Waals surface area contributed by atoms with Crippen LogP contribution in [0.15, 0.2) is 60.9 Å². The van der Waals surface area contributed by atoms with Gasteiger partial charge in [-0.15, -0.1) is 4.68 Å². The molecule has 1 aliphatic rings. The molecule has 8 nitrogen and oxygen atoms in total. The normalized spacial score (nSPS) is 13.5. The number of amides is 2. The van der Waals surface area contributed by atoms with Gasteiger partial charge in [-0.2, -0.15) is 4.68 Å². The summed E-state index contributed by atoms with van der Waals surface area (Å²) in [5.74, 6) is 0.0336. The molecule has 8 heteroatoms. The standard InChI is InChI=1S/C24H24N6O2/c1-2-28-15-19(16-29(28)14-17-7-4-3-5-8-17)26-23(31)18-9-10-20-21(13-18)30-12-6-11-25-24(32)22(30)27-20/h3-5,7-10,13,15-16H,2,6,11-12,14H2,1H3,(H-,25,26,31,32)/p+1. The van der Waals surface area contributed by atoms with Crippen LogP contribution in [-0.2, 0) is 19.6 Å². The van der Waals surface area contributed by atoms with E-state index in [1.807, 2.05) is 41.2 Å². The molecular formula is C24H25N6O2+. The van der Waals surface area contributed by atoms with Gasteiger partial charge in [0.1, 0.15) is 5.69 Å². The second-order valence-corrected chi connectivity index (χ2v) is 7.91. The summed E-state index contributed by atoms with van der Waals surface area (Å²) in [6.07, 6.45) is 4.71. The summed E-state index contributed by atoms with van der Waals surface area (Å²) in [6, 6.07) is 15.6. The van der Waals surface area contributed by atoms with E-state index in [1.165, 1.54) is 5.56 Å². The zero-order valence-electron chi connectivity index (χ0n) is 17.9. The highest BCUT2D eigenvalue weighted by Gasteiger charge is 2.21. The molecule has 1 aliphatic heterocycles. The lowest BCUT2D eigenvalue weighted by molar-refractivity contribution is -0.767. The molecular weight excluding hydrogens is 404 g/mol. The Morgan fingerprint density at radius 2 is 2.06 bits per heavy atom. The summed E-state index contributed by atoms with van der Waals surface area (Å²) in [7, 11) is 0. The quantitative estimate of drug-likeness (QED) is 0.478. The molecule has 0 bridgehead atoms. The van der Waals surface area contributed by atoms with E-state index in [4.69, 9.17) is 0 Å². The van der Waals surface area contributed by atoms with Crippen LogP contribution in [0.3, 0.4) is 0 Å². The number of fused-ring (bicyclic) bond motifs is 3. The van der Waals surface area contributed by atoms with Crippen LogP contribution in [0.5, 0.6) is 0 Å². The average Bonchev–Trinajstić information content (AvgIpc) is 3.31. The fourth-order valence-corrected chi connectivity index (χ4v) is 4.13. The Kier molecular flexibility index (Phi) is 5.18. The van der Waals surface area contributed by atoms with Crippen molar-refractivity contribution in [1.29, 1.82) is 0 Å². The van der Waals surface area contributed by atoms with Gasteiger partial charge in [-0.25, -0.2) is 4.98 Å². The molecule has 2 N–H and O–H groups in total. The fraction of sp³-hybridized carbons (Fsp3) is 0.250. The number of rotatable bonds is 5. The van der Waals surface area contributed by atoms with Crippen LogP contribution in [0.4, 0.5) is 5.69 Å². The van der Waals surface area contributed by atoms with E-state index in [2.05, 4.69) is 44.0 Å². The van der Waals surface area contributed by atoms with Gasteiger partial charge >= 0.3 is 0 Å². The molecule has 0 fully saturated rings. The van der Waals surface area contributed by atoms with Crippen molar-refractivity contribution >= 4 is 28.5 Å². The summed E-state index contributed by atoms with van der Waals surface area (Å²) in [6.45, 7) is 4.90. The summed E-state index contributed by atoms with van der Waals surface area (Å²) < 4.78 is 6.06. The highest BCUT2D eigenvalue weighted by molar-refractivity contribution is 6.06. The first-order chi connectivity index (χ1) is 15.6. The molecule has 2 aromatic heterocycles. The smallest absolute Gasteiger partial charge is 0.287 e. The lowest BCUT2D eigenvalue weighted by Gasteiger charge is -2.05. The molecule has 0 unspecified atom stereocenters. The van der Waals surface area contributed by atoms with Crippen LogP contribution < -0.4 is 15.3 Å². The minimum atomic E-state index is -0.194. The molecule has 0 aliphatic carbocycles. The van der Waals surface area contributed by atoms with E-state index in [1.54, 1.807) is 12.1 Å². The maximum atomic E-state index is 13.0. The van der Waals surface area contributed by atoms with Crippen molar-refractivity contribution in [2.75, 3.05) is 11.9 Å². The first-order valence-electron chi connectivity index (χ1n) is 10.9. The maximum absolute atomic E-state index is 13.0. The zero-order chi connectivity index (χ0) is 22.1. The van der Waals surface area contributed by atoms with Crippen molar-refractivity contribution in [3.63, 3.8) is 0 Å². The van der Waals surface area contributed by atoms with E-state index < -0.39 is 0 Å². The van der Waals surface area contributed by atoms with Gasteiger partial charge in [-0.3, -0.25) is 9.59 Å². The van der Waals surface area contributed by atoms with Crippen molar-refractivity contribution in [3.8, 4) is 0 Å². The number of nitrogens with one attached hydrogen (secondary N) is 2. The Morgan fingerprint density at radius 3 is 2.88 bits per heavy atom. The molecule has 0 spiro atoms. The number of hydrogen-bond acceptors (Lipinski definition) is 3. The molecule has 3 heterocycles. The Labute approximate surface area is 185 Å². The third-order valence-corrected chi connectivity index (χ3v) is 5.73. The van der Waals surface area contributed by atoms with E-state index in [9.17, 15) is 9.59 Å². The largest absolute Gasteiger partial charge is 0.349 e. The van der Waals surface area contributed by atoms with Gasteiger partial charge in [0.2, 0.25) is 6.20 Å². The topological polar surface area (TPSA) is 84.8 Å². The van der Waals surface area contributed by atoms with E-state index in [0.717, 1.165) is 30.7 Å². The second kappa shape index (κ2) is 8.30. The molecule has 0 saturated carbocycles. The number of imidazole rings is 1. The minimum Gasteiger partial charge on any atom is -0.349 e. The number of anilines is 1. The molecule has 162 valence electrons. The third kappa shape index (κ3) is 3.75. The van der Waals surface area contributed by atoms with Crippen molar-refractivity contribution < 1.29 is 14.3 Å². The Bertz CT molecular complexity index is 1310. The summed E-state index contributed by atoms with van der Waals surface area (Å²) >= 11 is 0. The van der Waals surface area contributed by atoms with E-state index in [0.29, 0.717) is 30.0 Å². The molecule has 2 aromatic carbocycles. The highest BCUT2D eigenvalue weighted by Crippen LogP contribution is 2.21. The van der Waals surface area contributed by atoms with Gasteiger partial charge in [0.05, 0.1) is 23.8 Å². The maximum Gasteiger partial charge on any atom is 0.287 e. The molecule has 0 radical (unpaired) electrons. The predicted molar refractivity (Wildman–Crippen MR) is 120 cm³/mol. The van der Waals surface area contributed by atoms with Crippen LogP contribution in [0.2, 0.25) is 0 Å². The lowest BCUT2D eigenvalue weighted by Crippen LogP contribution is -2.42. The van der Waals surface area contributed by atoms with Crippen LogP contribution >= 0.6 is 0 Å². The third-order valence-electron chi connectivity index (χ3n) is 5.73. The van der Waals surface area contributed by atoms with Crippen molar-refractivity contribution in [2.24, 2.45) is 0 Å². The van der Waals surface area contributed by atoms with Gasteiger partial charge in [-0.1, -0.05) is 30.3 Å². The number of carbonyl (C=O) groups excluding carboxylic acids is 2. The molecule has 4 aromatic rings. The first kappa shape index (κ1) is 20.0. The Hall–Kier alpha value is -3.94. The van der Waals surface area contributed by atoms with E-state index >= 15 is 0 Å². The number of nitrogens with zero attached hydrogens (tertiary/aromatic N) is 4. The van der Waals surface area contributed by atoms with Gasteiger partial charge in [0, 0.05) is 24.2 Å². The van der Waals surface area contributed by atoms with Crippen LogP contribution in [0.1, 0.15) is 39.9 Å². The fourth-order valence-electron chi connectivity index (χ4n) is 4.13. The number of benzene rings is 2. The van der Waals surface area contributed by atoms with Gasteiger partial charge in [0.15, 0.2) is 12.4 Å². The van der Waals surface area contributed by atoms with Crippen molar-refractivity contribution in [2.45, 2.75) is 33.0 Å². The van der Waals surface area contributed by atoms with E-state index in [-0.39, 0.29) is 11.8 Å². The van der Waals surface area contributed by atoms with Crippen LogP contribution in [0.25, 0.3) is 11.0 Å². The Balaban J connectivity index is 1.40. The second-order valence-electron chi connectivity index (χ2n) is 7.91. The molecule has 2 amide bonds. The average molecular weight is 430 g/mol. The van der Waals surface area contributed by atoms with Gasteiger partial charge in [0.25, 0.3) is 11.8 Å². The highest BCUT2D eigenvalue weighted by atomic mass is 16.2.